The first-order valence-electron chi connectivity index (χ1n) is 5.23. The number of hydrogen-bond donors (Lipinski definition) is 2. The van der Waals surface area contributed by atoms with Crippen molar-refractivity contribution in [2.45, 2.75) is 18.9 Å². The second-order valence-electron chi connectivity index (χ2n) is 3.68. The maximum absolute atomic E-state index is 5.59. The molecule has 3 heteroatoms. The molecule has 1 aliphatic heterocycles. The molecular weight excluding hydrogens is 188 g/mol. The number of nitrogens with one attached hydrogen (secondary N) is 1. The fourth-order valence-corrected chi connectivity index (χ4v) is 1.86. The topological polar surface area (TPSA) is 47.3 Å². The largest absolute Gasteiger partial charge is 0.501 e. The molecule has 1 aromatic rings. The van der Waals surface area contributed by atoms with E-state index in [9.17, 15) is 0 Å². The van der Waals surface area contributed by atoms with E-state index in [-0.39, 0.29) is 6.04 Å². The standard InChI is InChI=1S/C12H16N2O/c13-14-12(10-5-2-1-3-6-10)11-7-4-8-15-9-11/h1-3,5-6,9,12,14H,4,7-8,13H2. The third-order valence-corrected chi connectivity index (χ3v) is 2.63. The third kappa shape index (κ3) is 2.37. The molecule has 0 spiro atoms. The van der Waals surface area contributed by atoms with Gasteiger partial charge in [0.25, 0.3) is 0 Å². The van der Waals surface area contributed by atoms with Crippen LogP contribution in [0.5, 0.6) is 0 Å². The molecule has 1 aliphatic rings. The quantitative estimate of drug-likeness (QED) is 0.584. The molecule has 2 rings (SSSR count). The monoisotopic (exact) mass is 204 g/mol. The summed E-state index contributed by atoms with van der Waals surface area (Å²) in [6, 6.07) is 10.3. The molecule has 0 aromatic heterocycles. The van der Waals surface area contributed by atoms with Gasteiger partial charge in [0.2, 0.25) is 0 Å². The van der Waals surface area contributed by atoms with Crippen LogP contribution in [-0.2, 0) is 4.74 Å². The summed E-state index contributed by atoms with van der Waals surface area (Å²) < 4.78 is 5.33. The van der Waals surface area contributed by atoms with Gasteiger partial charge in [0.05, 0.1) is 18.9 Å². The smallest absolute Gasteiger partial charge is 0.0876 e. The van der Waals surface area contributed by atoms with Gasteiger partial charge in [-0.15, -0.1) is 0 Å². The van der Waals surface area contributed by atoms with Gasteiger partial charge in [-0.1, -0.05) is 30.3 Å². The maximum atomic E-state index is 5.59. The Balaban J connectivity index is 2.20. The van der Waals surface area contributed by atoms with Crippen molar-refractivity contribution in [2.75, 3.05) is 6.61 Å². The van der Waals surface area contributed by atoms with Crippen molar-refractivity contribution in [2.24, 2.45) is 5.84 Å². The zero-order valence-electron chi connectivity index (χ0n) is 8.65. The van der Waals surface area contributed by atoms with Gasteiger partial charge in [0.15, 0.2) is 0 Å². The molecule has 15 heavy (non-hydrogen) atoms. The summed E-state index contributed by atoms with van der Waals surface area (Å²) in [5.41, 5.74) is 5.23. The highest BCUT2D eigenvalue weighted by atomic mass is 16.5. The Labute approximate surface area is 89.9 Å². The van der Waals surface area contributed by atoms with Crippen molar-refractivity contribution >= 4 is 0 Å². The average Bonchev–Trinajstić information content (AvgIpc) is 2.33. The number of rotatable bonds is 3. The second kappa shape index (κ2) is 4.96. The summed E-state index contributed by atoms with van der Waals surface area (Å²) in [4.78, 5) is 0. The van der Waals surface area contributed by atoms with Crippen molar-refractivity contribution in [1.82, 2.24) is 5.43 Å². The second-order valence-corrected chi connectivity index (χ2v) is 3.68. The van der Waals surface area contributed by atoms with E-state index in [0.29, 0.717) is 0 Å². The van der Waals surface area contributed by atoms with Gasteiger partial charge < -0.3 is 4.74 Å². The summed E-state index contributed by atoms with van der Waals surface area (Å²) in [6.07, 6.45) is 3.95. The molecule has 0 saturated heterocycles. The molecule has 0 amide bonds. The number of hydrazine groups is 1. The minimum Gasteiger partial charge on any atom is -0.501 e. The van der Waals surface area contributed by atoms with Gasteiger partial charge in [-0.25, -0.2) is 5.43 Å². The van der Waals surface area contributed by atoms with E-state index in [2.05, 4.69) is 17.6 Å². The van der Waals surface area contributed by atoms with Crippen LogP contribution in [0, 0.1) is 0 Å². The van der Waals surface area contributed by atoms with Gasteiger partial charge in [0, 0.05) is 0 Å². The van der Waals surface area contributed by atoms with Crippen LogP contribution in [0.15, 0.2) is 42.2 Å². The van der Waals surface area contributed by atoms with Crippen LogP contribution in [0.3, 0.4) is 0 Å². The van der Waals surface area contributed by atoms with Crippen molar-refractivity contribution in [3.8, 4) is 0 Å². The van der Waals surface area contributed by atoms with E-state index in [1.165, 1.54) is 11.1 Å². The maximum Gasteiger partial charge on any atom is 0.0876 e. The first kappa shape index (κ1) is 10.2. The Hall–Kier alpha value is -1.32. The van der Waals surface area contributed by atoms with Gasteiger partial charge in [0.1, 0.15) is 0 Å². The van der Waals surface area contributed by atoms with E-state index in [1.807, 2.05) is 24.5 Å². The molecule has 3 N–H and O–H groups in total. The lowest BCUT2D eigenvalue weighted by molar-refractivity contribution is 0.219. The van der Waals surface area contributed by atoms with E-state index in [1.54, 1.807) is 0 Å². The molecule has 3 nitrogen and oxygen atoms in total. The highest BCUT2D eigenvalue weighted by Gasteiger charge is 2.17. The molecular formula is C12H16N2O. The lowest BCUT2D eigenvalue weighted by Crippen LogP contribution is -2.30. The SMILES string of the molecule is NNC(C1=COCCC1)c1ccccc1. The molecule has 1 heterocycles. The van der Waals surface area contributed by atoms with Crippen LogP contribution in [0.25, 0.3) is 0 Å². The van der Waals surface area contributed by atoms with Crippen LogP contribution < -0.4 is 11.3 Å². The average molecular weight is 204 g/mol. The van der Waals surface area contributed by atoms with Crippen molar-refractivity contribution in [3.05, 3.63) is 47.7 Å². The molecule has 0 aliphatic carbocycles. The zero-order valence-corrected chi connectivity index (χ0v) is 8.65. The molecule has 0 fully saturated rings. The summed E-state index contributed by atoms with van der Waals surface area (Å²) in [5.74, 6) is 5.59. The Morgan fingerprint density at radius 1 is 1.27 bits per heavy atom. The van der Waals surface area contributed by atoms with E-state index in [4.69, 9.17) is 10.6 Å². The van der Waals surface area contributed by atoms with E-state index >= 15 is 0 Å². The fraction of sp³-hybridized carbons (Fsp3) is 0.333. The first-order valence-corrected chi connectivity index (χ1v) is 5.23. The Morgan fingerprint density at radius 3 is 2.67 bits per heavy atom. The number of benzene rings is 1. The third-order valence-electron chi connectivity index (χ3n) is 2.63. The van der Waals surface area contributed by atoms with Gasteiger partial charge in [-0.2, -0.15) is 0 Å². The minimum absolute atomic E-state index is 0.0755. The predicted octanol–water partition coefficient (Wildman–Crippen LogP) is 1.89. The number of nitrogens with two attached hydrogens (primary N) is 1. The van der Waals surface area contributed by atoms with Gasteiger partial charge >= 0.3 is 0 Å². The van der Waals surface area contributed by atoms with Crippen molar-refractivity contribution < 1.29 is 4.74 Å². The summed E-state index contributed by atoms with van der Waals surface area (Å²) in [7, 11) is 0. The van der Waals surface area contributed by atoms with E-state index in [0.717, 1.165) is 19.4 Å². The minimum atomic E-state index is 0.0755. The summed E-state index contributed by atoms with van der Waals surface area (Å²) >= 11 is 0. The normalized spacial score (nSPS) is 17.8. The summed E-state index contributed by atoms with van der Waals surface area (Å²) in [6.45, 7) is 0.815. The fourth-order valence-electron chi connectivity index (χ4n) is 1.86. The Morgan fingerprint density at radius 2 is 2.07 bits per heavy atom. The van der Waals surface area contributed by atoms with Crippen molar-refractivity contribution in [1.29, 1.82) is 0 Å². The first-order chi connectivity index (χ1) is 7.42. The van der Waals surface area contributed by atoms with Crippen LogP contribution >= 0.6 is 0 Å². The van der Waals surface area contributed by atoms with Crippen LogP contribution in [-0.4, -0.2) is 6.61 Å². The molecule has 0 radical (unpaired) electrons. The van der Waals surface area contributed by atoms with Crippen LogP contribution in [0.2, 0.25) is 0 Å². The molecule has 0 bridgehead atoms. The lowest BCUT2D eigenvalue weighted by Gasteiger charge is -2.22. The Bertz CT molecular complexity index is 335. The van der Waals surface area contributed by atoms with Gasteiger partial charge in [-0.05, 0) is 24.0 Å². The summed E-state index contributed by atoms with van der Waals surface area (Å²) in [5, 5.41) is 0. The molecule has 1 atom stereocenters. The Kier molecular flexibility index (Phi) is 3.37. The zero-order chi connectivity index (χ0) is 10.5. The molecule has 0 saturated carbocycles. The highest BCUT2D eigenvalue weighted by Crippen LogP contribution is 2.26. The van der Waals surface area contributed by atoms with Crippen LogP contribution in [0.4, 0.5) is 0 Å². The van der Waals surface area contributed by atoms with E-state index < -0.39 is 0 Å². The lowest BCUT2D eigenvalue weighted by atomic mass is 9.96. The predicted molar refractivity (Wildman–Crippen MR) is 59.8 cm³/mol. The van der Waals surface area contributed by atoms with Crippen molar-refractivity contribution in [3.63, 3.8) is 0 Å². The number of ether oxygens (including phenoxy) is 1. The number of hydrogen-bond acceptors (Lipinski definition) is 3. The van der Waals surface area contributed by atoms with Crippen LogP contribution in [0.1, 0.15) is 24.4 Å². The van der Waals surface area contributed by atoms with Gasteiger partial charge in [-0.3, -0.25) is 5.84 Å². The molecule has 1 unspecified atom stereocenters. The highest BCUT2D eigenvalue weighted by molar-refractivity contribution is 5.27. The molecule has 1 aromatic carbocycles. The molecule has 80 valence electrons.